The minimum atomic E-state index is -4.05. The van der Waals surface area contributed by atoms with E-state index in [2.05, 4.69) is 20.8 Å². The lowest BCUT2D eigenvalue weighted by Crippen LogP contribution is -2.42. The summed E-state index contributed by atoms with van der Waals surface area (Å²) < 4.78 is 47.7. The topological polar surface area (TPSA) is 140 Å². The summed E-state index contributed by atoms with van der Waals surface area (Å²) >= 11 is 0. The average molecular weight is 476 g/mol. The van der Waals surface area contributed by atoms with Crippen LogP contribution in [0.4, 0.5) is 21.8 Å². The van der Waals surface area contributed by atoms with E-state index >= 15 is 0 Å². The lowest BCUT2D eigenvalue weighted by Gasteiger charge is -2.22. The molecule has 33 heavy (non-hydrogen) atoms. The van der Waals surface area contributed by atoms with Crippen molar-refractivity contribution in [1.29, 1.82) is 0 Å². The molecule has 0 unspecified atom stereocenters. The summed E-state index contributed by atoms with van der Waals surface area (Å²) in [6.45, 7) is 4.16. The Morgan fingerprint density at radius 2 is 1.76 bits per heavy atom. The highest BCUT2D eigenvalue weighted by Gasteiger charge is 2.44. The van der Waals surface area contributed by atoms with E-state index in [1.165, 1.54) is 56.3 Å². The molecule has 1 amide bonds. The molecule has 0 bridgehead atoms. The zero-order chi connectivity index (χ0) is 24.2. The van der Waals surface area contributed by atoms with E-state index in [1.807, 2.05) is 0 Å². The molecule has 0 aliphatic heterocycles. The largest absolute Gasteiger partial charge is 0.465 e. The Kier molecular flexibility index (Phi) is 6.77. The summed E-state index contributed by atoms with van der Waals surface area (Å²) in [5.74, 6) is -2.55. The molecule has 0 aliphatic rings. The number of hydrogen-bond acceptors (Lipinski definition) is 9. The first-order chi connectivity index (χ1) is 15.6. The lowest BCUT2D eigenvalue weighted by atomic mass is 10.2. The van der Waals surface area contributed by atoms with Gasteiger partial charge in [-0.15, -0.1) is 5.10 Å². The highest BCUT2D eigenvalue weighted by Crippen LogP contribution is 2.28. The lowest BCUT2D eigenvalue weighted by molar-refractivity contribution is -0.145. The molecule has 3 aromatic rings. The summed E-state index contributed by atoms with van der Waals surface area (Å²) in [7, 11) is -4.05. The first-order valence-electron chi connectivity index (χ1n) is 9.74. The predicted molar refractivity (Wildman–Crippen MR) is 116 cm³/mol. The Hall–Kier alpha value is -3.80. The molecule has 10 nitrogen and oxygen atoms in total. The second-order valence-electron chi connectivity index (χ2n) is 7.23. The molecule has 0 spiro atoms. The van der Waals surface area contributed by atoms with Gasteiger partial charge in [-0.2, -0.15) is 0 Å². The molecule has 0 saturated heterocycles. The smallest absolute Gasteiger partial charge is 0.327 e. The van der Waals surface area contributed by atoms with Gasteiger partial charge < -0.3 is 19.8 Å². The fourth-order valence-corrected chi connectivity index (χ4v) is 4.02. The fourth-order valence-electron chi connectivity index (χ4n) is 2.65. The van der Waals surface area contributed by atoms with Gasteiger partial charge in [0.1, 0.15) is 5.82 Å². The average Bonchev–Trinajstić information content (AvgIpc) is 3.24. The zero-order valence-corrected chi connectivity index (χ0v) is 18.8. The third-order valence-corrected chi connectivity index (χ3v) is 7.00. The summed E-state index contributed by atoms with van der Waals surface area (Å²) in [5, 5.41) is 12.3. The normalized spacial score (nSPS) is 11.6. The van der Waals surface area contributed by atoms with Crippen LogP contribution in [0.3, 0.4) is 0 Å². The van der Waals surface area contributed by atoms with Crippen molar-refractivity contribution >= 4 is 39.1 Å². The number of esters is 1. The van der Waals surface area contributed by atoms with E-state index in [-0.39, 0.29) is 28.9 Å². The van der Waals surface area contributed by atoms with Crippen molar-refractivity contribution in [2.24, 2.45) is 0 Å². The van der Waals surface area contributed by atoms with Crippen molar-refractivity contribution in [3.05, 3.63) is 60.2 Å². The van der Waals surface area contributed by atoms with Gasteiger partial charge in [0.05, 0.1) is 17.2 Å². The minimum Gasteiger partial charge on any atom is -0.465 e. The highest BCUT2D eigenvalue weighted by atomic mass is 32.2. The van der Waals surface area contributed by atoms with Crippen LogP contribution in [-0.2, 0) is 19.4 Å². The van der Waals surface area contributed by atoms with Gasteiger partial charge in [0.2, 0.25) is 0 Å². The van der Waals surface area contributed by atoms with Gasteiger partial charge in [0.15, 0.2) is 14.6 Å². The molecule has 2 aromatic carbocycles. The number of benzene rings is 2. The SMILES string of the molecule is CCOC(=O)C(C)(C)S(=O)(=O)c1ccc(NC(=O)c2nnc(Nc3ccccc3F)o2)cc1. The van der Waals surface area contributed by atoms with Crippen LogP contribution in [0.1, 0.15) is 31.5 Å². The number of nitrogens with one attached hydrogen (secondary N) is 2. The van der Waals surface area contributed by atoms with E-state index in [0.717, 1.165) is 0 Å². The standard InChI is InChI=1S/C21H21FN4O6S/c1-4-31-19(28)21(2,3)33(29,30)14-11-9-13(10-12-14)23-17(27)18-25-26-20(32-18)24-16-8-6-5-7-15(16)22/h5-12H,4H2,1-3H3,(H,23,27)(H,24,26). The third kappa shape index (κ3) is 5.00. The van der Waals surface area contributed by atoms with Crippen molar-refractivity contribution in [2.45, 2.75) is 30.4 Å². The first kappa shape index (κ1) is 23.9. The number of rotatable bonds is 8. The minimum absolute atomic E-state index is 0.0515. The van der Waals surface area contributed by atoms with Gasteiger partial charge in [-0.25, -0.2) is 12.8 Å². The number of aromatic nitrogens is 2. The Balaban J connectivity index is 1.70. The van der Waals surface area contributed by atoms with Gasteiger partial charge in [-0.05, 0) is 57.2 Å². The fraction of sp³-hybridized carbons (Fsp3) is 0.238. The monoisotopic (exact) mass is 476 g/mol. The molecule has 0 radical (unpaired) electrons. The van der Waals surface area contributed by atoms with Crippen molar-refractivity contribution < 1.29 is 31.6 Å². The number of anilines is 3. The van der Waals surface area contributed by atoms with E-state index < -0.39 is 38.2 Å². The number of para-hydroxylation sites is 1. The van der Waals surface area contributed by atoms with Crippen LogP contribution in [0, 0.1) is 5.82 Å². The van der Waals surface area contributed by atoms with Crippen molar-refractivity contribution in [1.82, 2.24) is 10.2 Å². The summed E-state index contributed by atoms with van der Waals surface area (Å²) in [4.78, 5) is 24.3. The quantitative estimate of drug-likeness (QED) is 0.468. The van der Waals surface area contributed by atoms with Crippen molar-refractivity contribution in [3.8, 4) is 0 Å². The third-order valence-electron chi connectivity index (χ3n) is 4.60. The Bertz CT molecular complexity index is 1270. The first-order valence-corrected chi connectivity index (χ1v) is 11.2. The van der Waals surface area contributed by atoms with Crippen molar-refractivity contribution in [3.63, 3.8) is 0 Å². The van der Waals surface area contributed by atoms with Crippen LogP contribution in [0.2, 0.25) is 0 Å². The maximum atomic E-state index is 13.7. The molecule has 0 fully saturated rings. The van der Waals surface area contributed by atoms with E-state index in [1.54, 1.807) is 13.0 Å². The van der Waals surface area contributed by atoms with Crippen molar-refractivity contribution in [2.75, 3.05) is 17.2 Å². The number of sulfone groups is 1. The number of halogens is 1. The number of amides is 1. The molecular weight excluding hydrogens is 455 g/mol. The maximum absolute atomic E-state index is 13.7. The van der Waals surface area contributed by atoms with Crippen LogP contribution in [-0.4, -0.2) is 41.8 Å². The van der Waals surface area contributed by atoms with Crippen LogP contribution < -0.4 is 10.6 Å². The van der Waals surface area contributed by atoms with Crippen LogP contribution in [0.25, 0.3) is 0 Å². The second-order valence-corrected chi connectivity index (χ2v) is 9.73. The zero-order valence-electron chi connectivity index (χ0n) is 18.0. The number of carbonyl (C=O) groups excluding carboxylic acids is 2. The van der Waals surface area contributed by atoms with Gasteiger partial charge in [0.25, 0.3) is 0 Å². The highest BCUT2D eigenvalue weighted by molar-refractivity contribution is 7.93. The molecule has 3 rings (SSSR count). The number of carbonyl (C=O) groups is 2. The molecule has 174 valence electrons. The molecule has 0 aliphatic carbocycles. The number of ether oxygens (including phenoxy) is 1. The summed E-state index contributed by atoms with van der Waals surface area (Å²) in [6.07, 6.45) is 0. The Morgan fingerprint density at radius 1 is 1.09 bits per heavy atom. The molecule has 2 N–H and O–H groups in total. The van der Waals surface area contributed by atoms with Gasteiger partial charge in [0, 0.05) is 5.69 Å². The molecular formula is C21H21FN4O6S. The molecule has 0 atom stereocenters. The Morgan fingerprint density at radius 3 is 2.39 bits per heavy atom. The van der Waals surface area contributed by atoms with E-state index in [9.17, 15) is 22.4 Å². The molecule has 12 heteroatoms. The van der Waals surface area contributed by atoms with Gasteiger partial charge in [-0.1, -0.05) is 17.2 Å². The summed E-state index contributed by atoms with van der Waals surface area (Å²) in [5.41, 5.74) is 0.338. The molecule has 1 heterocycles. The Labute approximate surface area is 189 Å². The van der Waals surface area contributed by atoms with Gasteiger partial charge in [-0.3, -0.25) is 9.59 Å². The van der Waals surface area contributed by atoms with Crippen LogP contribution in [0.5, 0.6) is 0 Å². The van der Waals surface area contributed by atoms with Gasteiger partial charge >= 0.3 is 23.8 Å². The van der Waals surface area contributed by atoms with Crippen LogP contribution >= 0.6 is 0 Å². The van der Waals surface area contributed by atoms with E-state index in [4.69, 9.17) is 9.15 Å². The number of nitrogens with zero attached hydrogens (tertiary/aromatic N) is 2. The van der Waals surface area contributed by atoms with Crippen LogP contribution in [0.15, 0.2) is 57.8 Å². The van der Waals surface area contributed by atoms with E-state index in [0.29, 0.717) is 0 Å². The predicted octanol–water partition coefficient (Wildman–Crippen LogP) is 3.32. The molecule has 1 aromatic heterocycles. The number of hydrogen-bond donors (Lipinski definition) is 2. The summed E-state index contributed by atoms with van der Waals surface area (Å²) in [6, 6.07) is 10.8. The molecule has 0 saturated carbocycles. The second kappa shape index (κ2) is 9.36. The maximum Gasteiger partial charge on any atom is 0.327 e.